The van der Waals surface area contributed by atoms with Gasteiger partial charge < -0.3 is 9.80 Å². The highest BCUT2D eigenvalue weighted by Crippen LogP contribution is 2.27. The Labute approximate surface area is 176 Å². The first-order valence-corrected chi connectivity index (χ1v) is 11.1. The Morgan fingerprint density at radius 1 is 1.27 bits per heavy atom. The molecule has 8 heteroatoms. The number of aromatic amines is 1. The summed E-state index contributed by atoms with van der Waals surface area (Å²) >= 11 is 0. The Bertz CT molecular complexity index is 1020. The van der Waals surface area contributed by atoms with Gasteiger partial charge in [-0.2, -0.15) is 0 Å². The molecule has 2 aromatic heterocycles. The van der Waals surface area contributed by atoms with Crippen LogP contribution in [0.25, 0.3) is 5.65 Å². The van der Waals surface area contributed by atoms with Crippen molar-refractivity contribution in [3.8, 4) is 0 Å². The maximum atomic E-state index is 13.2. The van der Waals surface area contributed by atoms with Crippen molar-refractivity contribution in [2.24, 2.45) is 5.92 Å². The monoisotopic (exact) mass is 413 g/mol. The van der Waals surface area contributed by atoms with Crippen molar-refractivity contribution >= 4 is 17.5 Å². The number of fused-ring (bicyclic) bond motifs is 2. The predicted octanol–water partition coefficient (Wildman–Crippen LogP) is 2.07. The smallest absolute Gasteiger partial charge is 0.277 e. The number of carbonyl (C=O) groups excluding carboxylic acids is 2. The Balaban J connectivity index is 1.61. The molecule has 0 bridgehead atoms. The standard InChI is InChI=1S/C22H31N5O3/c1-4-6-20(28)25-9-5-7-15(12-25)18-11-19-23-17-8-10-26(21(29)14(2)3)13-16(17)22(30)27(19)24-18/h11,14-15,24H,4-10,12-13H2,1-3H3/t15-/m1/s1. The molecule has 30 heavy (non-hydrogen) atoms. The van der Waals surface area contributed by atoms with Gasteiger partial charge in [0.2, 0.25) is 11.8 Å². The van der Waals surface area contributed by atoms with E-state index < -0.39 is 0 Å². The van der Waals surface area contributed by atoms with E-state index in [0.717, 1.165) is 37.2 Å². The lowest BCUT2D eigenvalue weighted by molar-refractivity contribution is -0.135. The zero-order chi connectivity index (χ0) is 21.4. The zero-order valence-corrected chi connectivity index (χ0v) is 18.1. The van der Waals surface area contributed by atoms with Gasteiger partial charge in [-0.05, 0) is 19.3 Å². The molecule has 0 unspecified atom stereocenters. The van der Waals surface area contributed by atoms with E-state index in [1.165, 1.54) is 4.52 Å². The minimum absolute atomic E-state index is 0.0661. The van der Waals surface area contributed by atoms with Gasteiger partial charge in [0, 0.05) is 56.1 Å². The SMILES string of the molecule is CCCC(=O)N1CCC[C@@H](c2cc3nc4c(c(=O)n3[nH]2)CN(C(=O)C(C)C)CC4)C1. The Morgan fingerprint density at radius 2 is 2.07 bits per heavy atom. The highest BCUT2D eigenvalue weighted by molar-refractivity contribution is 5.78. The number of nitrogens with one attached hydrogen (secondary N) is 1. The number of aromatic nitrogens is 3. The van der Waals surface area contributed by atoms with Crippen LogP contribution in [0.3, 0.4) is 0 Å². The van der Waals surface area contributed by atoms with Crippen LogP contribution in [-0.4, -0.2) is 55.8 Å². The second-order valence-corrected chi connectivity index (χ2v) is 8.84. The van der Waals surface area contributed by atoms with Crippen molar-refractivity contribution in [3.63, 3.8) is 0 Å². The molecule has 2 aliphatic heterocycles. The number of amides is 2. The van der Waals surface area contributed by atoms with Gasteiger partial charge >= 0.3 is 0 Å². The second kappa shape index (κ2) is 8.24. The molecule has 0 radical (unpaired) electrons. The van der Waals surface area contributed by atoms with Gasteiger partial charge in [-0.15, -0.1) is 0 Å². The van der Waals surface area contributed by atoms with E-state index in [2.05, 4.69) is 5.10 Å². The van der Waals surface area contributed by atoms with Crippen molar-refractivity contribution < 1.29 is 9.59 Å². The number of rotatable bonds is 4. The quantitative estimate of drug-likeness (QED) is 0.831. The minimum atomic E-state index is -0.128. The van der Waals surface area contributed by atoms with Gasteiger partial charge in [-0.25, -0.2) is 9.50 Å². The highest BCUT2D eigenvalue weighted by atomic mass is 16.2. The van der Waals surface area contributed by atoms with Crippen molar-refractivity contribution in [2.75, 3.05) is 19.6 Å². The average molecular weight is 414 g/mol. The van der Waals surface area contributed by atoms with Gasteiger partial charge in [0.15, 0.2) is 5.65 Å². The van der Waals surface area contributed by atoms with Crippen LogP contribution < -0.4 is 5.56 Å². The van der Waals surface area contributed by atoms with E-state index in [1.54, 1.807) is 4.90 Å². The van der Waals surface area contributed by atoms with Crippen LogP contribution in [0.15, 0.2) is 10.9 Å². The lowest BCUT2D eigenvalue weighted by Crippen LogP contribution is -2.42. The molecule has 162 valence electrons. The van der Waals surface area contributed by atoms with Crippen molar-refractivity contribution in [1.82, 2.24) is 24.4 Å². The molecular weight excluding hydrogens is 382 g/mol. The van der Waals surface area contributed by atoms with Gasteiger partial charge in [0.1, 0.15) is 0 Å². The van der Waals surface area contributed by atoms with Crippen LogP contribution in [0.4, 0.5) is 0 Å². The molecule has 4 rings (SSSR count). The summed E-state index contributed by atoms with van der Waals surface area (Å²) in [6.07, 6.45) is 3.98. The molecule has 1 saturated heterocycles. The topological polar surface area (TPSA) is 90.8 Å². The maximum Gasteiger partial charge on any atom is 0.277 e. The van der Waals surface area contributed by atoms with Crippen LogP contribution in [-0.2, 0) is 22.6 Å². The molecular formula is C22H31N5O3. The summed E-state index contributed by atoms with van der Waals surface area (Å²) in [5.74, 6) is 0.361. The number of H-pyrrole nitrogens is 1. The molecule has 1 N–H and O–H groups in total. The highest BCUT2D eigenvalue weighted by Gasteiger charge is 2.29. The van der Waals surface area contributed by atoms with E-state index in [1.807, 2.05) is 31.7 Å². The molecule has 2 aromatic rings. The Kier molecular flexibility index (Phi) is 5.66. The number of nitrogens with zero attached hydrogens (tertiary/aromatic N) is 4. The van der Waals surface area contributed by atoms with Gasteiger partial charge in [-0.1, -0.05) is 20.8 Å². The molecule has 1 atom stereocenters. The first kappa shape index (κ1) is 20.6. The summed E-state index contributed by atoms with van der Waals surface area (Å²) in [7, 11) is 0. The van der Waals surface area contributed by atoms with Crippen LogP contribution in [0.5, 0.6) is 0 Å². The van der Waals surface area contributed by atoms with Gasteiger partial charge in [0.05, 0.1) is 17.8 Å². The molecule has 1 fully saturated rings. The fourth-order valence-corrected chi connectivity index (χ4v) is 4.59. The Morgan fingerprint density at radius 3 is 2.80 bits per heavy atom. The lowest BCUT2D eigenvalue weighted by atomic mass is 9.94. The van der Waals surface area contributed by atoms with Crippen LogP contribution in [0.1, 0.15) is 69.3 Å². The molecule has 2 amide bonds. The first-order chi connectivity index (χ1) is 14.4. The molecule has 0 spiro atoms. The number of likely N-dealkylation sites (tertiary alicyclic amines) is 1. The van der Waals surface area contributed by atoms with Crippen molar-refractivity contribution in [1.29, 1.82) is 0 Å². The largest absolute Gasteiger partial charge is 0.342 e. The number of piperidine rings is 1. The Hall–Kier alpha value is -2.64. The number of carbonyl (C=O) groups is 2. The second-order valence-electron chi connectivity index (χ2n) is 8.84. The van der Waals surface area contributed by atoms with Crippen molar-refractivity contribution in [2.45, 2.75) is 65.3 Å². The van der Waals surface area contributed by atoms with E-state index in [4.69, 9.17) is 4.98 Å². The third-order valence-electron chi connectivity index (χ3n) is 6.26. The third kappa shape index (κ3) is 3.75. The summed E-state index contributed by atoms with van der Waals surface area (Å²) in [4.78, 5) is 46.3. The minimum Gasteiger partial charge on any atom is -0.342 e. The van der Waals surface area contributed by atoms with Gasteiger partial charge in [0.25, 0.3) is 5.56 Å². The molecule has 0 saturated carbocycles. The lowest BCUT2D eigenvalue weighted by Gasteiger charge is -2.32. The fourth-order valence-electron chi connectivity index (χ4n) is 4.59. The third-order valence-corrected chi connectivity index (χ3v) is 6.26. The summed E-state index contributed by atoms with van der Waals surface area (Å²) < 4.78 is 1.50. The van der Waals surface area contributed by atoms with Crippen LogP contribution in [0, 0.1) is 5.92 Å². The van der Waals surface area contributed by atoms with Crippen molar-refractivity contribution in [3.05, 3.63) is 33.4 Å². The molecule has 4 heterocycles. The first-order valence-electron chi connectivity index (χ1n) is 11.1. The van der Waals surface area contributed by atoms with E-state index in [0.29, 0.717) is 43.7 Å². The summed E-state index contributed by atoms with van der Waals surface area (Å²) in [6.45, 7) is 8.18. The molecule has 2 aliphatic rings. The zero-order valence-electron chi connectivity index (χ0n) is 18.1. The molecule has 0 aromatic carbocycles. The number of hydrogen-bond donors (Lipinski definition) is 1. The van der Waals surface area contributed by atoms with Crippen LogP contribution >= 0.6 is 0 Å². The molecule has 8 nitrogen and oxygen atoms in total. The van der Waals surface area contributed by atoms with E-state index in [-0.39, 0.29) is 29.2 Å². The van der Waals surface area contributed by atoms with Crippen LogP contribution in [0.2, 0.25) is 0 Å². The maximum absolute atomic E-state index is 13.2. The fraction of sp³-hybridized carbons (Fsp3) is 0.636. The molecule has 0 aliphatic carbocycles. The number of hydrogen-bond acceptors (Lipinski definition) is 4. The normalized spacial score (nSPS) is 19.4. The summed E-state index contributed by atoms with van der Waals surface area (Å²) in [6, 6.07) is 1.95. The van der Waals surface area contributed by atoms with E-state index in [9.17, 15) is 14.4 Å². The van der Waals surface area contributed by atoms with Gasteiger partial charge in [-0.3, -0.25) is 19.5 Å². The predicted molar refractivity (Wildman–Crippen MR) is 113 cm³/mol. The van der Waals surface area contributed by atoms with E-state index >= 15 is 0 Å². The summed E-state index contributed by atoms with van der Waals surface area (Å²) in [5.41, 5.74) is 2.84. The average Bonchev–Trinajstić information content (AvgIpc) is 3.18. The summed E-state index contributed by atoms with van der Waals surface area (Å²) in [5, 5.41) is 3.24.